The molecule has 29 heavy (non-hydrogen) atoms. The molecule has 2 aliphatic rings. The molecule has 0 atom stereocenters. The number of hydrogen-bond donors (Lipinski definition) is 0. The highest BCUT2D eigenvalue weighted by molar-refractivity contribution is 6.38. The SMILES string of the molecule is CCCCOc1ccccc1CN1C(=O)C2(OCCCO2)c2c(Cl)ccc(Cl)c21. The van der Waals surface area contributed by atoms with Crippen LogP contribution in [0.15, 0.2) is 36.4 Å². The summed E-state index contributed by atoms with van der Waals surface area (Å²) in [6, 6.07) is 11.1. The average Bonchev–Trinajstić information content (AvgIpc) is 2.96. The number of para-hydroxylation sites is 1. The number of ether oxygens (including phenoxy) is 3. The minimum absolute atomic E-state index is 0.280. The van der Waals surface area contributed by atoms with Crippen molar-refractivity contribution in [2.75, 3.05) is 24.7 Å². The maximum Gasteiger partial charge on any atom is 0.292 e. The van der Waals surface area contributed by atoms with Gasteiger partial charge in [0.05, 0.1) is 47.7 Å². The normalized spacial score (nSPS) is 17.6. The van der Waals surface area contributed by atoms with E-state index in [1.807, 2.05) is 24.3 Å². The van der Waals surface area contributed by atoms with Gasteiger partial charge >= 0.3 is 0 Å². The summed E-state index contributed by atoms with van der Waals surface area (Å²) >= 11 is 13.0. The lowest BCUT2D eigenvalue weighted by molar-refractivity contribution is -0.256. The molecular weight excluding hydrogens is 413 g/mol. The summed E-state index contributed by atoms with van der Waals surface area (Å²) in [5, 5.41) is 0.825. The van der Waals surface area contributed by atoms with E-state index in [1.54, 1.807) is 17.0 Å². The fourth-order valence-electron chi connectivity index (χ4n) is 3.73. The van der Waals surface area contributed by atoms with E-state index in [-0.39, 0.29) is 12.5 Å². The van der Waals surface area contributed by atoms with E-state index in [9.17, 15) is 4.79 Å². The zero-order valence-electron chi connectivity index (χ0n) is 16.2. The molecule has 154 valence electrons. The Balaban J connectivity index is 1.73. The van der Waals surface area contributed by atoms with Gasteiger partial charge in [0.1, 0.15) is 5.75 Å². The van der Waals surface area contributed by atoms with Crippen molar-refractivity contribution < 1.29 is 19.0 Å². The Labute approximate surface area is 180 Å². The quantitative estimate of drug-likeness (QED) is 0.576. The first-order valence-electron chi connectivity index (χ1n) is 9.87. The van der Waals surface area contributed by atoms with E-state index in [0.29, 0.717) is 41.1 Å². The van der Waals surface area contributed by atoms with Crippen LogP contribution in [0.5, 0.6) is 5.75 Å². The molecule has 0 saturated carbocycles. The van der Waals surface area contributed by atoms with Gasteiger partial charge in [0.25, 0.3) is 11.7 Å². The smallest absolute Gasteiger partial charge is 0.292 e. The number of anilines is 1. The molecule has 0 radical (unpaired) electrons. The molecule has 2 heterocycles. The van der Waals surface area contributed by atoms with Crippen LogP contribution in [0.3, 0.4) is 0 Å². The van der Waals surface area contributed by atoms with Crippen LogP contribution >= 0.6 is 23.2 Å². The molecule has 1 saturated heterocycles. The first kappa shape index (κ1) is 20.5. The Hall–Kier alpha value is -1.79. The third-order valence-electron chi connectivity index (χ3n) is 5.16. The van der Waals surface area contributed by atoms with Crippen molar-refractivity contribution in [1.82, 2.24) is 0 Å². The summed E-state index contributed by atoms with van der Waals surface area (Å²) in [5.41, 5.74) is 1.90. The number of fused-ring (bicyclic) bond motifs is 2. The van der Waals surface area contributed by atoms with Crippen LogP contribution in [0.25, 0.3) is 0 Å². The third-order valence-corrected chi connectivity index (χ3v) is 5.78. The number of unbranched alkanes of at least 4 members (excludes halogenated alkanes) is 1. The molecule has 5 nitrogen and oxygen atoms in total. The van der Waals surface area contributed by atoms with Gasteiger partial charge in [-0.3, -0.25) is 4.79 Å². The van der Waals surface area contributed by atoms with Crippen LogP contribution in [0.4, 0.5) is 5.69 Å². The Morgan fingerprint density at radius 3 is 2.59 bits per heavy atom. The van der Waals surface area contributed by atoms with E-state index >= 15 is 0 Å². The van der Waals surface area contributed by atoms with Crippen molar-refractivity contribution in [1.29, 1.82) is 0 Å². The Morgan fingerprint density at radius 2 is 1.83 bits per heavy atom. The highest BCUT2D eigenvalue weighted by atomic mass is 35.5. The molecule has 4 rings (SSSR count). The summed E-state index contributed by atoms with van der Waals surface area (Å²) in [4.78, 5) is 15.1. The first-order valence-corrected chi connectivity index (χ1v) is 10.6. The third kappa shape index (κ3) is 3.61. The lowest BCUT2D eigenvalue weighted by atomic mass is 10.1. The highest BCUT2D eigenvalue weighted by Gasteiger charge is 2.57. The largest absolute Gasteiger partial charge is 0.493 e. The minimum atomic E-state index is -1.53. The van der Waals surface area contributed by atoms with Crippen molar-refractivity contribution in [2.24, 2.45) is 0 Å². The van der Waals surface area contributed by atoms with Gasteiger partial charge in [-0.1, -0.05) is 54.7 Å². The lowest BCUT2D eigenvalue weighted by Crippen LogP contribution is -2.47. The van der Waals surface area contributed by atoms with Crippen molar-refractivity contribution in [3.05, 3.63) is 57.6 Å². The molecule has 7 heteroatoms. The number of halogens is 2. The van der Waals surface area contributed by atoms with Gasteiger partial charge in [0, 0.05) is 5.56 Å². The van der Waals surface area contributed by atoms with Gasteiger partial charge < -0.3 is 19.1 Å². The zero-order valence-corrected chi connectivity index (χ0v) is 17.8. The number of hydrogen-bond acceptors (Lipinski definition) is 4. The zero-order chi connectivity index (χ0) is 20.4. The minimum Gasteiger partial charge on any atom is -0.493 e. The number of carbonyl (C=O) groups is 1. The topological polar surface area (TPSA) is 48.0 Å². The number of carbonyl (C=O) groups excluding carboxylic acids is 1. The predicted octanol–water partition coefficient (Wildman–Crippen LogP) is 5.31. The second-order valence-corrected chi connectivity index (χ2v) is 7.94. The summed E-state index contributed by atoms with van der Waals surface area (Å²) in [6.45, 7) is 3.85. The molecular formula is C22H23Cl2NO4. The molecule has 0 unspecified atom stereocenters. The van der Waals surface area contributed by atoms with Crippen LogP contribution in [0.1, 0.15) is 37.3 Å². The van der Waals surface area contributed by atoms with E-state index in [1.165, 1.54) is 0 Å². The van der Waals surface area contributed by atoms with Gasteiger partial charge in [-0.05, 0) is 31.0 Å². The lowest BCUT2D eigenvalue weighted by Gasteiger charge is -2.32. The fraction of sp³-hybridized carbons (Fsp3) is 0.409. The molecule has 0 aliphatic carbocycles. The standard InChI is InChI=1S/C22H23Cl2NO4/c1-2-3-11-27-18-8-5-4-7-15(18)14-25-20-17(24)10-9-16(23)19(20)22(21(25)26)28-12-6-13-29-22/h4-5,7-10H,2-3,6,11-14H2,1H3. The molecule has 1 spiro atoms. The Morgan fingerprint density at radius 1 is 1.10 bits per heavy atom. The number of amides is 1. The maximum absolute atomic E-state index is 13.5. The van der Waals surface area contributed by atoms with Gasteiger partial charge in [0.15, 0.2) is 0 Å². The van der Waals surface area contributed by atoms with Crippen LogP contribution in [-0.4, -0.2) is 25.7 Å². The highest BCUT2D eigenvalue weighted by Crippen LogP contribution is 2.52. The van der Waals surface area contributed by atoms with Crippen LogP contribution in [-0.2, 0) is 26.6 Å². The predicted molar refractivity (Wildman–Crippen MR) is 113 cm³/mol. The first-order chi connectivity index (χ1) is 14.1. The van der Waals surface area contributed by atoms with Crippen LogP contribution in [0, 0.1) is 0 Å². The summed E-state index contributed by atoms with van der Waals surface area (Å²) in [5.74, 6) is -1.10. The Bertz CT molecular complexity index is 912. The Kier molecular flexibility index (Phi) is 6.02. The van der Waals surface area contributed by atoms with Crippen LogP contribution < -0.4 is 9.64 Å². The second kappa shape index (κ2) is 8.52. The molecule has 2 aromatic rings. The number of rotatable bonds is 6. The van der Waals surface area contributed by atoms with Crippen LogP contribution in [0.2, 0.25) is 10.0 Å². The number of nitrogens with zero attached hydrogens (tertiary/aromatic N) is 1. The molecule has 1 amide bonds. The summed E-state index contributed by atoms with van der Waals surface area (Å²) in [7, 11) is 0. The van der Waals surface area contributed by atoms with Gasteiger partial charge in [0.2, 0.25) is 0 Å². The van der Waals surface area contributed by atoms with Gasteiger partial charge in [-0.2, -0.15) is 0 Å². The van der Waals surface area contributed by atoms with E-state index in [0.717, 1.165) is 30.6 Å². The second-order valence-electron chi connectivity index (χ2n) is 7.12. The van der Waals surface area contributed by atoms with Crippen molar-refractivity contribution in [3.8, 4) is 5.75 Å². The van der Waals surface area contributed by atoms with Gasteiger partial charge in [-0.15, -0.1) is 0 Å². The molecule has 2 aliphatic heterocycles. The molecule has 0 N–H and O–H groups in total. The average molecular weight is 436 g/mol. The van der Waals surface area contributed by atoms with Crippen molar-refractivity contribution in [2.45, 2.75) is 38.5 Å². The van der Waals surface area contributed by atoms with Crippen molar-refractivity contribution in [3.63, 3.8) is 0 Å². The number of benzene rings is 2. The maximum atomic E-state index is 13.5. The van der Waals surface area contributed by atoms with Gasteiger partial charge in [-0.25, -0.2) is 0 Å². The molecule has 2 aromatic carbocycles. The van der Waals surface area contributed by atoms with Crippen molar-refractivity contribution >= 4 is 34.8 Å². The molecule has 1 fully saturated rings. The van der Waals surface area contributed by atoms with E-state index in [2.05, 4.69) is 6.92 Å². The van der Waals surface area contributed by atoms with E-state index in [4.69, 9.17) is 37.4 Å². The molecule has 0 bridgehead atoms. The fourth-order valence-corrected chi connectivity index (χ4v) is 4.26. The van der Waals surface area contributed by atoms with E-state index < -0.39 is 5.79 Å². The summed E-state index contributed by atoms with van der Waals surface area (Å²) < 4.78 is 17.7. The monoisotopic (exact) mass is 435 g/mol. The summed E-state index contributed by atoms with van der Waals surface area (Å²) in [6.07, 6.45) is 2.73. The molecule has 0 aromatic heterocycles.